The molecule has 2 aromatic heterocycles. The maximum absolute atomic E-state index is 6.51. The number of benzene rings is 7. The van der Waals surface area contributed by atoms with Crippen LogP contribution in [0.3, 0.4) is 0 Å². The minimum absolute atomic E-state index is 0.638. The molecule has 0 aliphatic heterocycles. The van der Waals surface area contributed by atoms with Gasteiger partial charge in [-0.15, -0.1) is 11.3 Å². The third-order valence-corrected chi connectivity index (χ3v) is 9.47. The fourth-order valence-electron chi connectivity index (χ4n) is 6.27. The predicted octanol–water partition coefficient (Wildman–Crippen LogP) is 11.6. The third-order valence-electron chi connectivity index (χ3n) is 8.26. The third kappa shape index (κ3) is 3.84. The van der Waals surface area contributed by atoms with E-state index in [-0.39, 0.29) is 0 Å². The number of hydrogen-bond acceptors (Lipinski definition) is 4. The largest absolute Gasteiger partial charge is 0.435 e. The van der Waals surface area contributed by atoms with E-state index >= 15 is 0 Å². The van der Waals surface area contributed by atoms with Gasteiger partial charge in [0.2, 0.25) is 5.89 Å². The number of thiophene rings is 1. The molecule has 0 atom stereocenters. The van der Waals surface area contributed by atoms with Gasteiger partial charge in [-0.25, -0.2) is 4.98 Å². The molecule has 4 heteroatoms. The number of anilines is 3. The normalized spacial score (nSPS) is 11.7. The SMILES string of the molecule is c1ccc(-c2nc3ccc4ccc5ccc(N(c6ccccc6)c6cccc7c6sc6ccccc67)cc5c4c3o2)cc1. The van der Waals surface area contributed by atoms with Crippen molar-refractivity contribution >= 4 is 81.2 Å². The van der Waals surface area contributed by atoms with Gasteiger partial charge in [-0.1, -0.05) is 91.0 Å². The Labute approximate surface area is 251 Å². The molecule has 0 aliphatic carbocycles. The van der Waals surface area contributed by atoms with Gasteiger partial charge in [0.25, 0.3) is 0 Å². The highest BCUT2D eigenvalue weighted by atomic mass is 32.1. The van der Waals surface area contributed by atoms with Gasteiger partial charge in [-0.2, -0.15) is 0 Å². The predicted molar refractivity (Wildman–Crippen MR) is 182 cm³/mol. The smallest absolute Gasteiger partial charge is 0.227 e. The lowest BCUT2D eigenvalue weighted by atomic mass is 10.00. The molecule has 202 valence electrons. The molecule has 9 aromatic rings. The molecule has 9 rings (SSSR count). The molecule has 2 heterocycles. The summed E-state index contributed by atoms with van der Waals surface area (Å²) in [4.78, 5) is 7.25. The first kappa shape index (κ1) is 24.2. The second kappa shape index (κ2) is 9.55. The van der Waals surface area contributed by atoms with Crippen LogP contribution in [0, 0.1) is 0 Å². The first-order chi connectivity index (χ1) is 21.3. The van der Waals surface area contributed by atoms with Gasteiger partial charge in [0.05, 0.1) is 10.4 Å². The fraction of sp³-hybridized carbons (Fsp3) is 0. The number of fused-ring (bicyclic) bond motifs is 8. The highest BCUT2D eigenvalue weighted by Crippen LogP contribution is 2.45. The molecule has 0 spiro atoms. The molecule has 0 saturated heterocycles. The molecule has 43 heavy (non-hydrogen) atoms. The summed E-state index contributed by atoms with van der Waals surface area (Å²) in [7, 11) is 0. The van der Waals surface area contributed by atoms with Crippen molar-refractivity contribution in [2.75, 3.05) is 4.90 Å². The van der Waals surface area contributed by atoms with Gasteiger partial charge in [0.15, 0.2) is 5.58 Å². The average molecular weight is 569 g/mol. The lowest BCUT2D eigenvalue weighted by molar-refractivity contribution is 0.623. The van der Waals surface area contributed by atoms with Crippen molar-refractivity contribution in [3.63, 3.8) is 0 Å². The number of hydrogen-bond donors (Lipinski definition) is 0. The highest BCUT2D eigenvalue weighted by Gasteiger charge is 2.19. The molecule has 0 bridgehead atoms. The minimum atomic E-state index is 0.638. The lowest BCUT2D eigenvalue weighted by Crippen LogP contribution is -2.09. The zero-order chi connectivity index (χ0) is 28.3. The number of nitrogens with zero attached hydrogens (tertiary/aromatic N) is 2. The first-order valence-corrected chi connectivity index (χ1v) is 15.2. The van der Waals surface area contributed by atoms with Gasteiger partial charge in [0.1, 0.15) is 5.52 Å². The summed E-state index contributed by atoms with van der Waals surface area (Å²) >= 11 is 1.85. The van der Waals surface area contributed by atoms with Crippen molar-refractivity contribution in [1.82, 2.24) is 4.98 Å². The monoisotopic (exact) mass is 568 g/mol. The Hall–Kier alpha value is -5.45. The van der Waals surface area contributed by atoms with Gasteiger partial charge < -0.3 is 9.32 Å². The highest BCUT2D eigenvalue weighted by molar-refractivity contribution is 7.26. The van der Waals surface area contributed by atoms with Crippen LogP contribution < -0.4 is 4.90 Å². The molecule has 0 saturated carbocycles. The van der Waals surface area contributed by atoms with Gasteiger partial charge in [-0.05, 0) is 70.8 Å². The van der Waals surface area contributed by atoms with Crippen LogP contribution in [0.5, 0.6) is 0 Å². The molecule has 0 aliphatic rings. The van der Waals surface area contributed by atoms with E-state index in [1.165, 1.54) is 25.9 Å². The zero-order valence-corrected chi connectivity index (χ0v) is 23.9. The van der Waals surface area contributed by atoms with Crippen molar-refractivity contribution in [1.29, 1.82) is 0 Å². The second-order valence-corrected chi connectivity index (χ2v) is 11.8. The zero-order valence-electron chi connectivity index (χ0n) is 23.1. The molecular formula is C39H24N2OS. The average Bonchev–Trinajstić information content (AvgIpc) is 3.68. The van der Waals surface area contributed by atoms with Crippen LogP contribution in [-0.2, 0) is 0 Å². The van der Waals surface area contributed by atoms with Crippen molar-refractivity contribution in [2.24, 2.45) is 0 Å². The van der Waals surface area contributed by atoms with Crippen LogP contribution in [0.1, 0.15) is 0 Å². The van der Waals surface area contributed by atoms with E-state index in [1.807, 2.05) is 41.7 Å². The number of rotatable bonds is 4. The summed E-state index contributed by atoms with van der Waals surface area (Å²) in [6.45, 7) is 0. The van der Waals surface area contributed by atoms with Crippen LogP contribution in [-0.4, -0.2) is 4.98 Å². The molecule has 0 unspecified atom stereocenters. The van der Waals surface area contributed by atoms with Crippen LogP contribution in [0.2, 0.25) is 0 Å². The Bertz CT molecular complexity index is 2460. The summed E-state index contributed by atoms with van der Waals surface area (Å²) < 4.78 is 9.08. The summed E-state index contributed by atoms with van der Waals surface area (Å²) in [6, 6.07) is 51.4. The molecule has 0 N–H and O–H groups in total. The van der Waals surface area contributed by atoms with E-state index in [9.17, 15) is 0 Å². The van der Waals surface area contributed by atoms with Crippen molar-refractivity contribution < 1.29 is 4.42 Å². The Kier molecular flexibility index (Phi) is 5.37. The van der Waals surface area contributed by atoms with Crippen molar-refractivity contribution in [3.05, 3.63) is 146 Å². The van der Waals surface area contributed by atoms with Crippen LogP contribution in [0.4, 0.5) is 17.1 Å². The summed E-state index contributed by atoms with van der Waals surface area (Å²) in [5, 5.41) is 7.09. The van der Waals surface area contributed by atoms with Gasteiger partial charge >= 0.3 is 0 Å². The standard InChI is InChI=1S/C39H24N2OS/c1-3-10-27(11-4-1)39-40-33-23-21-26-19-18-25-20-22-29(24-32(25)36(26)37(33)42-39)41(28-12-5-2-6-13-28)34-16-9-15-31-30-14-7-8-17-35(30)43-38(31)34/h1-24H. The van der Waals surface area contributed by atoms with E-state index in [1.54, 1.807) is 0 Å². The maximum Gasteiger partial charge on any atom is 0.227 e. The summed E-state index contributed by atoms with van der Waals surface area (Å²) in [5.74, 6) is 0.638. The molecule has 7 aromatic carbocycles. The summed E-state index contributed by atoms with van der Waals surface area (Å²) in [6.07, 6.45) is 0. The van der Waals surface area contributed by atoms with Gasteiger partial charge in [-0.3, -0.25) is 0 Å². The number of para-hydroxylation sites is 1. The minimum Gasteiger partial charge on any atom is -0.435 e. The molecule has 0 amide bonds. The van der Waals surface area contributed by atoms with E-state index < -0.39 is 0 Å². The summed E-state index contributed by atoms with van der Waals surface area (Å²) in [5.41, 5.74) is 6.02. The fourth-order valence-corrected chi connectivity index (χ4v) is 7.47. The Morgan fingerprint density at radius 2 is 1.28 bits per heavy atom. The van der Waals surface area contributed by atoms with Crippen LogP contribution in [0.25, 0.3) is 64.3 Å². The van der Waals surface area contributed by atoms with E-state index in [0.717, 1.165) is 49.6 Å². The quantitative estimate of drug-likeness (QED) is 0.198. The van der Waals surface area contributed by atoms with Crippen molar-refractivity contribution in [2.45, 2.75) is 0 Å². The Balaban J connectivity index is 1.32. The Morgan fingerprint density at radius 1 is 0.558 bits per heavy atom. The molecular weight excluding hydrogens is 545 g/mol. The lowest BCUT2D eigenvalue weighted by Gasteiger charge is -2.26. The van der Waals surface area contributed by atoms with E-state index in [2.05, 4.69) is 120 Å². The Morgan fingerprint density at radius 3 is 2.16 bits per heavy atom. The van der Waals surface area contributed by atoms with E-state index in [0.29, 0.717) is 5.89 Å². The first-order valence-electron chi connectivity index (χ1n) is 14.4. The topological polar surface area (TPSA) is 29.3 Å². The van der Waals surface area contributed by atoms with Gasteiger partial charge in [0, 0.05) is 37.8 Å². The van der Waals surface area contributed by atoms with E-state index in [4.69, 9.17) is 9.40 Å². The number of oxazole rings is 1. The van der Waals surface area contributed by atoms with Crippen molar-refractivity contribution in [3.8, 4) is 11.5 Å². The van der Waals surface area contributed by atoms with Crippen LogP contribution >= 0.6 is 11.3 Å². The molecule has 3 nitrogen and oxygen atoms in total. The van der Waals surface area contributed by atoms with Crippen LogP contribution in [0.15, 0.2) is 150 Å². The maximum atomic E-state index is 6.51. The molecule has 0 radical (unpaired) electrons. The number of aromatic nitrogens is 1. The second-order valence-electron chi connectivity index (χ2n) is 10.8. The molecule has 0 fully saturated rings.